The van der Waals surface area contributed by atoms with Crippen LogP contribution in [0.15, 0.2) is 46.4 Å². The Kier molecular flexibility index (Phi) is 6.22. The van der Waals surface area contributed by atoms with Gasteiger partial charge in [0.25, 0.3) is 12.0 Å². The summed E-state index contributed by atoms with van der Waals surface area (Å²) < 4.78 is 33.8. The van der Waals surface area contributed by atoms with Crippen molar-refractivity contribution in [1.82, 2.24) is 19.1 Å². The molecule has 4 aromatic heterocycles. The molecule has 0 N–H and O–H groups in total. The van der Waals surface area contributed by atoms with Crippen molar-refractivity contribution >= 4 is 33.2 Å². The van der Waals surface area contributed by atoms with Crippen molar-refractivity contribution in [1.29, 1.82) is 5.26 Å². The lowest BCUT2D eigenvalue weighted by molar-refractivity contribution is 0.151. The van der Waals surface area contributed by atoms with Crippen LogP contribution in [0.3, 0.4) is 0 Å². The minimum atomic E-state index is -2.83. The van der Waals surface area contributed by atoms with Crippen molar-refractivity contribution in [3.8, 4) is 27.9 Å². The van der Waals surface area contributed by atoms with Crippen LogP contribution in [0.25, 0.3) is 26.3 Å². The fraction of sp³-hybridized carbons (Fsp3) is 0.190. The first kappa shape index (κ1) is 22.6. The van der Waals surface area contributed by atoms with Crippen LogP contribution < -0.4 is 16.0 Å². The molecule has 0 aliphatic carbocycles. The molecular weight excluding hydrogens is 476 g/mol. The van der Waals surface area contributed by atoms with Gasteiger partial charge in [-0.15, -0.1) is 11.3 Å². The number of ether oxygens (including phenoxy) is 1. The van der Waals surface area contributed by atoms with Crippen molar-refractivity contribution in [2.45, 2.75) is 19.4 Å². The Balaban J connectivity index is 2.03. The Bertz CT molecular complexity index is 1520. The standard InChI is InChI=1S/C21H14ClF2N5O3S/c1-32-13-6-14(18(22)27-10-13)16-7-15-17(33-16)20(30)29(21(31)28(15)4-2-3-25)12-5-11(19(23)24)8-26-9-12/h5-10,19H,2,4H2,1H3. The second-order valence-corrected chi connectivity index (χ2v) is 8.21. The van der Waals surface area contributed by atoms with Gasteiger partial charge in [0.2, 0.25) is 0 Å². The number of rotatable bonds is 6. The Hall–Kier alpha value is -3.62. The van der Waals surface area contributed by atoms with Crippen molar-refractivity contribution in [2.75, 3.05) is 7.11 Å². The second kappa shape index (κ2) is 9.09. The van der Waals surface area contributed by atoms with Crippen LogP contribution in [-0.2, 0) is 6.54 Å². The zero-order valence-electron chi connectivity index (χ0n) is 17.0. The van der Waals surface area contributed by atoms with Gasteiger partial charge in [-0.2, -0.15) is 5.26 Å². The first-order chi connectivity index (χ1) is 15.8. The predicted molar refractivity (Wildman–Crippen MR) is 119 cm³/mol. The molecule has 4 heterocycles. The molecule has 0 atom stereocenters. The zero-order chi connectivity index (χ0) is 23.7. The lowest BCUT2D eigenvalue weighted by Crippen LogP contribution is -2.38. The van der Waals surface area contributed by atoms with Crippen LogP contribution in [0, 0.1) is 11.3 Å². The molecular formula is C21H14ClF2N5O3S. The number of fused-ring (bicyclic) bond motifs is 1. The van der Waals surface area contributed by atoms with E-state index in [1.54, 1.807) is 12.1 Å². The highest BCUT2D eigenvalue weighted by molar-refractivity contribution is 7.22. The van der Waals surface area contributed by atoms with E-state index in [2.05, 4.69) is 9.97 Å². The smallest absolute Gasteiger partial charge is 0.336 e. The molecule has 0 saturated heterocycles. The van der Waals surface area contributed by atoms with Gasteiger partial charge >= 0.3 is 5.69 Å². The number of nitrogens with zero attached hydrogens (tertiary/aromatic N) is 5. The van der Waals surface area contributed by atoms with Crippen LogP contribution in [0.2, 0.25) is 5.15 Å². The van der Waals surface area contributed by atoms with Gasteiger partial charge in [0, 0.05) is 28.7 Å². The molecule has 0 aliphatic heterocycles. The number of thiophene rings is 1. The SMILES string of the molecule is COc1cnc(Cl)c(-c2cc3c(s2)c(=O)n(-c2cncc(C(F)F)c2)c(=O)n3CCC#N)c1. The molecule has 168 valence electrons. The highest BCUT2D eigenvalue weighted by atomic mass is 35.5. The largest absolute Gasteiger partial charge is 0.495 e. The third-order valence-corrected chi connectivity index (χ3v) is 6.29. The molecule has 0 bridgehead atoms. The summed E-state index contributed by atoms with van der Waals surface area (Å²) in [4.78, 5) is 34.9. The van der Waals surface area contributed by atoms with Gasteiger partial charge in [0.15, 0.2) is 0 Å². The van der Waals surface area contributed by atoms with Crippen LogP contribution in [-0.4, -0.2) is 26.2 Å². The van der Waals surface area contributed by atoms with Crippen LogP contribution in [0.5, 0.6) is 5.75 Å². The van der Waals surface area contributed by atoms with Crippen molar-refractivity contribution in [2.24, 2.45) is 0 Å². The third-order valence-electron chi connectivity index (χ3n) is 4.84. The van der Waals surface area contributed by atoms with Gasteiger partial charge < -0.3 is 4.74 Å². The van der Waals surface area contributed by atoms with E-state index < -0.39 is 23.2 Å². The highest BCUT2D eigenvalue weighted by Gasteiger charge is 2.20. The maximum Gasteiger partial charge on any atom is 0.336 e. The van der Waals surface area contributed by atoms with E-state index >= 15 is 0 Å². The second-order valence-electron chi connectivity index (χ2n) is 6.80. The van der Waals surface area contributed by atoms with E-state index in [-0.39, 0.29) is 28.5 Å². The number of aromatic nitrogens is 4. The fourth-order valence-corrected chi connectivity index (χ4v) is 4.66. The number of nitriles is 1. The molecule has 0 aromatic carbocycles. The molecule has 0 spiro atoms. The number of pyridine rings is 2. The van der Waals surface area contributed by atoms with E-state index in [0.717, 1.165) is 34.4 Å². The summed E-state index contributed by atoms with van der Waals surface area (Å²) in [5.41, 5.74) is -1.19. The normalized spacial score (nSPS) is 11.2. The molecule has 0 saturated carbocycles. The number of aryl methyl sites for hydroxylation is 1. The first-order valence-electron chi connectivity index (χ1n) is 9.45. The predicted octanol–water partition coefficient (Wildman–Crippen LogP) is 4.18. The maximum atomic E-state index is 13.3. The molecule has 0 radical (unpaired) electrons. The molecule has 0 fully saturated rings. The zero-order valence-corrected chi connectivity index (χ0v) is 18.5. The summed E-state index contributed by atoms with van der Waals surface area (Å²) in [6.45, 7) is -0.00561. The summed E-state index contributed by atoms with van der Waals surface area (Å²) in [6.07, 6.45) is 0.737. The van der Waals surface area contributed by atoms with Gasteiger partial charge in [-0.3, -0.25) is 14.3 Å². The quantitative estimate of drug-likeness (QED) is 0.376. The van der Waals surface area contributed by atoms with Crippen LogP contribution >= 0.6 is 22.9 Å². The van der Waals surface area contributed by atoms with Crippen molar-refractivity contribution < 1.29 is 13.5 Å². The maximum absolute atomic E-state index is 13.3. The molecule has 4 rings (SSSR count). The van der Waals surface area contributed by atoms with Gasteiger partial charge in [-0.05, 0) is 18.2 Å². The summed E-state index contributed by atoms with van der Waals surface area (Å²) in [5.74, 6) is 0.445. The number of hydrogen-bond acceptors (Lipinski definition) is 7. The van der Waals surface area contributed by atoms with Gasteiger partial charge in [-0.1, -0.05) is 11.6 Å². The van der Waals surface area contributed by atoms with E-state index in [9.17, 15) is 18.4 Å². The highest BCUT2D eigenvalue weighted by Crippen LogP contribution is 2.36. The monoisotopic (exact) mass is 489 g/mol. The Labute approximate surface area is 193 Å². The summed E-state index contributed by atoms with van der Waals surface area (Å²) in [6, 6.07) is 6.26. The van der Waals surface area contributed by atoms with Crippen molar-refractivity contribution in [3.05, 3.63) is 68.3 Å². The van der Waals surface area contributed by atoms with E-state index in [1.165, 1.54) is 17.9 Å². The fourth-order valence-electron chi connectivity index (χ4n) is 3.29. The Morgan fingerprint density at radius 2 is 2.03 bits per heavy atom. The molecule has 0 unspecified atom stereocenters. The number of halogens is 3. The average Bonchev–Trinajstić information content (AvgIpc) is 3.25. The topological polar surface area (TPSA) is 103 Å². The summed E-state index contributed by atoms with van der Waals surface area (Å²) >= 11 is 7.31. The van der Waals surface area contributed by atoms with Crippen LogP contribution in [0.1, 0.15) is 18.4 Å². The van der Waals surface area contributed by atoms with Gasteiger partial charge in [-0.25, -0.2) is 23.1 Å². The molecule has 8 nitrogen and oxygen atoms in total. The number of hydrogen-bond donors (Lipinski definition) is 0. The third kappa shape index (κ3) is 4.10. The lowest BCUT2D eigenvalue weighted by atomic mass is 10.2. The Morgan fingerprint density at radius 3 is 2.73 bits per heavy atom. The van der Waals surface area contributed by atoms with Gasteiger partial charge in [0.05, 0.1) is 43.2 Å². The lowest BCUT2D eigenvalue weighted by Gasteiger charge is -2.11. The van der Waals surface area contributed by atoms with E-state index in [4.69, 9.17) is 21.6 Å². The average molecular weight is 490 g/mol. The van der Waals surface area contributed by atoms with Crippen LogP contribution in [0.4, 0.5) is 8.78 Å². The molecule has 0 aliphatic rings. The minimum Gasteiger partial charge on any atom is -0.495 e. The minimum absolute atomic E-state index is 0.00478. The van der Waals surface area contributed by atoms with E-state index in [0.29, 0.717) is 21.7 Å². The molecule has 4 aromatic rings. The first-order valence-corrected chi connectivity index (χ1v) is 10.6. The van der Waals surface area contributed by atoms with Crippen molar-refractivity contribution in [3.63, 3.8) is 0 Å². The number of methoxy groups -OCH3 is 1. The molecule has 33 heavy (non-hydrogen) atoms. The van der Waals surface area contributed by atoms with Gasteiger partial charge in [0.1, 0.15) is 15.6 Å². The summed E-state index contributed by atoms with van der Waals surface area (Å²) in [7, 11) is 1.47. The van der Waals surface area contributed by atoms with E-state index in [1.807, 2.05) is 6.07 Å². The molecule has 12 heteroatoms. The summed E-state index contributed by atoms with van der Waals surface area (Å²) in [5, 5.41) is 9.21. The Morgan fingerprint density at radius 1 is 1.24 bits per heavy atom. The molecule has 0 amide bonds. The number of alkyl halides is 2.